The number of halogens is 1. The second-order valence-electron chi connectivity index (χ2n) is 4.95. The van der Waals surface area contributed by atoms with Crippen LogP contribution >= 0.6 is 12.4 Å². The lowest BCUT2D eigenvalue weighted by Gasteiger charge is -2.03. The zero-order valence-corrected chi connectivity index (χ0v) is 11.9. The maximum atomic E-state index is 11.6. The summed E-state index contributed by atoms with van der Waals surface area (Å²) in [6.07, 6.45) is 3.46. The minimum absolute atomic E-state index is 0. The number of nitrogens with zero attached hydrogens (tertiary/aromatic N) is 1. The molecule has 5 nitrogen and oxygen atoms in total. The Kier molecular flexibility index (Phi) is 4.62. The molecule has 0 bridgehead atoms. The summed E-state index contributed by atoms with van der Waals surface area (Å²) in [7, 11) is 0. The number of rotatable bonds is 5. The van der Waals surface area contributed by atoms with Crippen LogP contribution in [0.2, 0.25) is 0 Å². The summed E-state index contributed by atoms with van der Waals surface area (Å²) >= 11 is 0. The molecular weight excluding hydrogens is 278 g/mol. The van der Waals surface area contributed by atoms with E-state index in [-0.39, 0.29) is 18.3 Å². The number of fused-ring (bicyclic) bond motifs is 1. The van der Waals surface area contributed by atoms with Gasteiger partial charge in [-0.2, -0.15) is 0 Å². The van der Waals surface area contributed by atoms with E-state index in [0.717, 1.165) is 35.5 Å². The van der Waals surface area contributed by atoms with E-state index in [0.29, 0.717) is 25.3 Å². The number of carbonyl (C=O) groups excluding carboxylic acids is 1. The lowest BCUT2D eigenvalue weighted by Crippen LogP contribution is -2.13. The summed E-state index contributed by atoms with van der Waals surface area (Å²) in [5, 5.41) is 2.84. The van der Waals surface area contributed by atoms with E-state index in [1.807, 2.05) is 18.2 Å². The van der Waals surface area contributed by atoms with Crippen molar-refractivity contribution in [2.24, 2.45) is 5.73 Å². The van der Waals surface area contributed by atoms with Crippen molar-refractivity contribution >= 4 is 35.1 Å². The van der Waals surface area contributed by atoms with Crippen molar-refractivity contribution in [2.75, 3.05) is 11.9 Å². The molecular formula is C14H18ClN3O2. The number of oxazole rings is 1. The molecule has 0 radical (unpaired) electrons. The average Bonchev–Trinajstić information content (AvgIpc) is 3.16. The molecule has 1 saturated carbocycles. The highest BCUT2D eigenvalue weighted by Gasteiger charge is 2.28. The van der Waals surface area contributed by atoms with Gasteiger partial charge in [-0.05, 0) is 37.9 Å². The van der Waals surface area contributed by atoms with Gasteiger partial charge in [-0.25, -0.2) is 4.98 Å². The van der Waals surface area contributed by atoms with E-state index in [2.05, 4.69) is 10.3 Å². The zero-order chi connectivity index (χ0) is 13.2. The Morgan fingerprint density at radius 1 is 1.45 bits per heavy atom. The minimum Gasteiger partial charge on any atom is -0.440 e. The number of hydrogen-bond acceptors (Lipinski definition) is 4. The molecule has 1 amide bonds. The van der Waals surface area contributed by atoms with Crippen LogP contribution in [0.25, 0.3) is 11.1 Å². The maximum absolute atomic E-state index is 11.6. The predicted molar refractivity (Wildman–Crippen MR) is 80.2 cm³/mol. The summed E-state index contributed by atoms with van der Waals surface area (Å²) < 4.78 is 5.71. The van der Waals surface area contributed by atoms with Crippen LogP contribution in [0.1, 0.15) is 37.5 Å². The fraction of sp³-hybridized carbons (Fsp3) is 0.429. The van der Waals surface area contributed by atoms with Crippen LogP contribution in [0.3, 0.4) is 0 Å². The third-order valence-electron chi connectivity index (χ3n) is 3.22. The molecule has 108 valence electrons. The molecule has 0 atom stereocenters. The molecule has 0 spiro atoms. The number of amides is 1. The second kappa shape index (κ2) is 6.24. The first-order valence-electron chi connectivity index (χ1n) is 6.66. The van der Waals surface area contributed by atoms with E-state index in [4.69, 9.17) is 10.2 Å². The van der Waals surface area contributed by atoms with Crippen molar-refractivity contribution in [3.63, 3.8) is 0 Å². The van der Waals surface area contributed by atoms with Gasteiger partial charge in [0.25, 0.3) is 0 Å². The molecule has 0 saturated heterocycles. The number of hydrogen-bond donors (Lipinski definition) is 2. The molecule has 1 fully saturated rings. The Hall–Kier alpha value is -1.59. The lowest BCUT2D eigenvalue weighted by atomic mass is 10.2. The first-order chi connectivity index (χ1) is 9.26. The van der Waals surface area contributed by atoms with Crippen LogP contribution in [0.4, 0.5) is 5.69 Å². The number of benzene rings is 1. The van der Waals surface area contributed by atoms with Crippen LogP contribution in [-0.4, -0.2) is 17.4 Å². The van der Waals surface area contributed by atoms with Gasteiger partial charge in [0.1, 0.15) is 5.52 Å². The number of aromatic nitrogens is 1. The quantitative estimate of drug-likeness (QED) is 0.888. The number of carbonyl (C=O) groups is 1. The second-order valence-corrected chi connectivity index (χ2v) is 4.95. The van der Waals surface area contributed by atoms with Gasteiger partial charge >= 0.3 is 0 Å². The van der Waals surface area contributed by atoms with Crippen LogP contribution in [0, 0.1) is 0 Å². The summed E-state index contributed by atoms with van der Waals surface area (Å²) in [5.41, 5.74) is 7.71. The van der Waals surface area contributed by atoms with Gasteiger partial charge in [0.2, 0.25) is 5.91 Å². The van der Waals surface area contributed by atoms with Gasteiger partial charge in [-0.1, -0.05) is 0 Å². The van der Waals surface area contributed by atoms with Crippen LogP contribution < -0.4 is 11.1 Å². The predicted octanol–water partition coefficient (Wildman–Crippen LogP) is 2.80. The first-order valence-corrected chi connectivity index (χ1v) is 6.66. The summed E-state index contributed by atoms with van der Waals surface area (Å²) in [6.45, 7) is 0.527. The Bertz CT molecular complexity index is 607. The highest BCUT2D eigenvalue weighted by Crippen LogP contribution is 2.40. The molecule has 1 aromatic heterocycles. The molecule has 6 heteroatoms. The smallest absolute Gasteiger partial charge is 0.224 e. The Morgan fingerprint density at radius 2 is 2.25 bits per heavy atom. The topological polar surface area (TPSA) is 81.2 Å². The van der Waals surface area contributed by atoms with Crippen molar-refractivity contribution in [2.45, 2.75) is 31.6 Å². The average molecular weight is 296 g/mol. The summed E-state index contributed by atoms with van der Waals surface area (Å²) in [4.78, 5) is 16.1. The molecule has 20 heavy (non-hydrogen) atoms. The van der Waals surface area contributed by atoms with E-state index in [9.17, 15) is 4.79 Å². The normalized spacial score (nSPS) is 14.1. The molecule has 3 N–H and O–H groups in total. The van der Waals surface area contributed by atoms with Gasteiger partial charge in [0.15, 0.2) is 11.5 Å². The highest BCUT2D eigenvalue weighted by molar-refractivity contribution is 5.92. The SMILES string of the molecule is Cl.NCCCC(=O)Nc1ccc2nc(C3CC3)oc2c1. The molecule has 1 aromatic carbocycles. The van der Waals surface area contributed by atoms with E-state index in [1.165, 1.54) is 0 Å². The van der Waals surface area contributed by atoms with Gasteiger partial charge < -0.3 is 15.5 Å². The third kappa shape index (κ3) is 3.29. The molecule has 3 rings (SSSR count). The molecule has 1 heterocycles. The highest BCUT2D eigenvalue weighted by atomic mass is 35.5. The van der Waals surface area contributed by atoms with Crippen LogP contribution in [0.5, 0.6) is 0 Å². The third-order valence-corrected chi connectivity index (χ3v) is 3.22. The maximum Gasteiger partial charge on any atom is 0.224 e. The minimum atomic E-state index is -0.0215. The molecule has 0 unspecified atom stereocenters. The zero-order valence-electron chi connectivity index (χ0n) is 11.1. The van der Waals surface area contributed by atoms with E-state index < -0.39 is 0 Å². The van der Waals surface area contributed by atoms with Crippen molar-refractivity contribution in [3.05, 3.63) is 24.1 Å². The standard InChI is InChI=1S/C14H17N3O2.ClH/c15-7-1-2-13(18)16-10-5-6-11-12(8-10)19-14(17-11)9-3-4-9;/h5-6,8-9H,1-4,7,15H2,(H,16,18);1H. The monoisotopic (exact) mass is 295 g/mol. The Labute approximate surface area is 123 Å². The van der Waals surface area contributed by atoms with Crippen molar-refractivity contribution in [1.82, 2.24) is 4.98 Å². The molecule has 0 aliphatic heterocycles. The Morgan fingerprint density at radius 3 is 2.95 bits per heavy atom. The van der Waals surface area contributed by atoms with Crippen LogP contribution in [-0.2, 0) is 4.79 Å². The van der Waals surface area contributed by atoms with Gasteiger partial charge in [0.05, 0.1) is 0 Å². The largest absolute Gasteiger partial charge is 0.440 e. The van der Waals surface area contributed by atoms with E-state index >= 15 is 0 Å². The fourth-order valence-corrected chi connectivity index (χ4v) is 2.01. The van der Waals surface area contributed by atoms with Crippen molar-refractivity contribution in [1.29, 1.82) is 0 Å². The van der Waals surface area contributed by atoms with Crippen molar-refractivity contribution < 1.29 is 9.21 Å². The molecule has 1 aliphatic rings. The van der Waals surface area contributed by atoms with Gasteiger partial charge in [-0.15, -0.1) is 12.4 Å². The van der Waals surface area contributed by atoms with Crippen molar-refractivity contribution in [3.8, 4) is 0 Å². The van der Waals surface area contributed by atoms with Crippen LogP contribution in [0.15, 0.2) is 22.6 Å². The van der Waals surface area contributed by atoms with Gasteiger partial charge in [0, 0.05) is 24.1 Å². The molecule has 2 aromatic rings. The van der Waals surface area contributed by atoms with Gasteiger partial charge in [-0.3, -0.25) is 4.79 Å². The number of nitrogens with one attached hydrogen (secondary N) is 1. The summed E-state index contributed by atoms with van der Waals surface area (Å²) in [5.74, 6) is 1.29. The van der Waals surface area contributed by atoms with E-state index in [1.54, 1.807) is 0 Å². The summed E-state index contributed by atoms with van der Waals surface area (Å²) in [6, 6.07) is 5.56. The molecule has 1 aliphatic carbocycles. The fourth-order valence-electron chi connectivity index (χ4n) is 2.01. The number of nitrogens with two attached hydrogens (primary N) is 1. The number of anilines is 1. The Balaban J connectivity index is 0.00000147. The first kappa shape index (κ1) is 14.8. The lowest BCUT2D eigenvalue weighted by molar-refractivity contribution is -0.116.